The Morgan fingerprint density at radius 3 is 2.47 bits per heavy atom. The van der Waals surface area contributed by atoms with Gasteiger partial charge in [-0.3, -0.25) is 10.1 Å². The largest absolute Gasteiger partial charge is 0.418 e. The van der Waals surface area contributed by atoms with E-state index < -0.39 is 23.4 Å². The number of aromatic amines is 1. The van der Waals surface area contributed by atoms with Crippen LogP contribution in [-0.4, -0.2) is 21.8 Å². The molecule has 0 saturated heterocycles. The van der Waals surface area contributed by atoms with Crippen molar-refractivity contribution >= 4 is 22.5 Å². The normalized spacial score (nSPS) is 13.0. The number of H-pyrrole nitrogens is 1. The number of hydrogen-bond donors (Lipinski definition) is 4. The maximum atomic E-state index is 13.5. The molecule has 4 N–H and O–H groups in total. The molecule has 3 rings (SSSR count). The molecule has 9 heteroatoms. The molecule has 160 valence electrons. The summed E-state index contributed by atoms with van der Waals surface area (Å²) in [6.45, 7) is 0.0449. The summed E-state index contributed by atoms with van der Waals surface area (Å²) in [5, 5.41) is 22.5. The second-order valence-corrected chi connectivity index (χ2v) is 7.31. The van der Waals surface area contributed by atoms with Crippen LogP contribution in [0.15, 0.2) is 47.4 Å². The number of rotatable bonds is 7. The Bertz CT molecular complexity index is 1080. The van der Waals surface area contributed by atoms with Crippen LogP contribution in [0.4, 0.5) is 13.2 Å². The van der Waals surface area contributed by atoms with Crippen LogP contribution in [0, 0.1) is 0 Å². The van der Waals surface area contributed by atoms with Crippen molar-refractivity contribution in [3.63, 3.8) is 0 Å². The first kappa shape index (κ1) is 22.3. The van der Waals surface area contributed by atoms with Crippen molar-refractivity contribution in [2.24, 2.45) is 0 Å². The molecule has 3 aromatic rings. The third-order valence-electron chi connectivity index (χ3n) is 4.71. The Morgan fingerprint density at radius 1 is 1.13 bits per heavy atom. The van der Waals surface area contributed by atoms with Crippen molar-refractivity contribution in [3.05, 3.63) is 80.1 Å². The third-order valence-corrected chi connectivity index (χ3v) is 4.97. The standard InChI is InChI=1S/C21H20ClF3N2O3/c22-14-5-3-12(4-6-14)10-27-20(30)16-11-26-18-15(19(16)29)8-13(2-1-7-28)9-17(18)21(23,24)25/h3-6,8-9,11,20,27-28,30H,1-2,7,10H2,(H,26,29). The molecule has 1 aromatic heterocycles. The molecule has 1 heterocycles. The summed E-state index contributed by atoms with van der Waals surface area (Å²) >= 11 is 5.83. The highest BCUT2D eigenvalue weighted by atomic mass is 35.5. The van der Waals surface area contributed by atoms with E-state index in [0.29, 0.717) is 5.02 Å². The lowest BCUT2D eigenvalue weighted by Gasteiger charge is -2.16. The fourth-order valence-corrected chi connectivity index (χ4v) is 3.31. The second kappa shape index (κ2) is 9.18. The van der Waals surface area contributed by atoms with E-state index in [0.717, 1.165) is 17.8 Å². The first-order chi connectivity index (χ1) is 14.2. The molecule has 0 aliphatic rings. The predicted molar refractivity (Wildman–Crippen MR) is 108 cm³/mol. The van der Waals surface area contributed by atoms with Crippen LogP contribution in [0.1, 0.15) is 34.9 Å². The van der Waals surface area contributed by atoms with Gasteiger partial charge < -0.3 is 15.2 Å². The molecule has 0 fully saturated rings. The van der Waals surface area contributed by atoms with Crippen molar-refractivity contribution in [3.8, 4) is 0 Å². The number of halogens is 4. The van der Waals surface area contributed by atoms with Crippen LogP contribution in [0.2, 0.25) is 5.02 Å². The lowest BCUT2D eigenvalue weighted by Crippen LogP contribution is -2.26. The maximum Gasteiger partial charge on any atom is 0.418 e. The van der Waals surface area contributed by atoms with Gasteiger partial charge in [-0.25, -0.2) is 0 Å². The van der Waals surface area contributed by atoms with Crippen LogP contribution < -0.4 is 10.7 Å². The number of fused-ring (bicyclic) bond motifs is 1. The molecule has 0 aliphatic heterocycles. The Labute approximate surface area is 175 Å². The van der Waals surface area contributed by atoms with E-state index in [1.54, 1.807) is 24.3 Å². The highest BCUT2D eigenvalue weighted by molar-refractivity contribution is 6.30. The highest BCUT2D eigenvalue weighted by Crippen LogP contribution is 2.34. The van der Waals surface area contributed by atoms with Gasteiger partial charge in [-0.2, -0.15) is 13.2 Å². The Hall–Kier alpha value is -2.39. The van der Waals surface area contributed by atoms with Gasteiger partial charge in [0.25, 0.3) is 0 Å². The quantitative estimate of drug-likeness (QED) is 0.420. The van der Waals surface area contributed by atoms with Gasteiger partial charge in [0.15, 0.2) is 5.43 Å². The van der Waals surface area contributed by atoms with E-state index in [2.05, 4.69) is 10.3 Å². The second-order valence-electron chi connectivity index (χ2n) is 6.87. The molecule has 1 atom stereocenters. The molecule has 30 heavy (non-hydrogen) atoms. The van der Waals surface area contributed by atoms with Gasteiger partial charge in [-0.15, -0.1) is 0 Å². The summed E-state index contributed by atoms with van der Waals surface area (Å²) in [6, 6.07) is 9.20. The molecule has 2 aromatic carbocycles. The average molecular weight is 441 g/mol. The van der Waals surface area contributed by atoms with E-state index in [-0.39, 0.29) is 48.0 Å². The number of nitrogens with one attached hydrogen (secondary N) is 2. The van der Waals surface area contributed by atoms with Crippen LogP contribution >= 0.6 is 11.6 Å². The van der Waals surface area contributed by atoms with Gasteiger partial charge in [0.2, 0.25) is 0 Å². The molecule has 0 radical (unpaired) electrons. The number of hydrogen-bond acceptors (Lipinski definition) is 4. The summed E-state index contributed by atoms with van der Waals surface area (Å²) in [5.74, 6) is 0. The maximum absolute atomic E-state index is 13.5. The minimum Gasteiger partial charge on any atom is -0.396 e. The Balaban J connectivity index is 1.96. The monoisotopic (exact) mass is 440 g/mol. The minimum absolute atomic E-state index is 0.0936. The molecule has 0 aliphatic carbocycles. The molecule has 0 amide bonds. The fourth-order valence-electron chi connectivity index (χ4n) is 3.19. The topological polar surface area (TPSA) is 85.4 Å². The molecule has 0 bridgehead atoms. The van der Waals surface area contributed by atoms with Crippen molar-refractivity contribution in [2.45, 2.75) is 31.8 Å². The predicted octanol–water partition coefficient (Wildman–Crippen LogP) is 3.91. The van der Waals surface area contributed by atoms with Crippen molar-refractivity contribution < 1.29 is 23.4 Å². The Kier molecular flexibility index (Phi) is 6.82. The number of aryl methyl sites for hydroxylation is 1. The fraction of sp³-hybridized carbons (Fsp3) is 0.286. The highest BCUT2D eigenvalue weighted by Gasteiger charge is 2.34. The van der Waals surface area contributed by atoms with Crippen LogP contribution in [0.3, 0.4) is 0 Å². The van der Waals surface area contributed by atoms with Gasteiger partial charge in [-0.05, 0) is 48.2 Å². The summed E-state index contributed by atoms with van der Waals surface area (Å²) in [6.07, 6.45) is -4.50. The average Bonchev–Trinajstić information content (AvgIpc) is 2.71. The summed E-state index contributed by atoms with van der Waals surface area (Å²) in [4.78, 5) is 15.4. The molecular formula is C21H20ClF3N2O3. The lowest BCUT2D eigenvalue weighted by atomic mass is 10.00. The number of aromatic nitrogens is 1. The van der Waals surface area contributed by atoms with E-state index in [1.807, 2.05) is 0 Å². The molecule has 5 nitrogen and oxygen atoms in total. The number of pyridine rings is 1. The number of aliphatic hydroxyl groups is 2. The summed E-state index contributed by atoms with van der Waals surface area (Å²) < 4.78 is 40.5. The number of aliphatic hydroxyl groups excluding tert-OH is 2. The van der Waals surface area contributed by atoms with E-state index in [4.69, 9.17) is 16.7 Å². The van der Waals surface area contributed by atoms with Gasteiger partial charge >= 0.3 is 6.18 Å². The zero-order valence-electron chi connectivity index (χ0n) is 15.8. The van der Waals surface area contributed by atoms with Crippen molar-refractivity contribution in [2.75, 3.05) is 6.61 Å². The van der Waals surface area contributed by atoms with Crippen molar-refractivity contribution in [1.82, 2.24) is 10.3 Å². The molecular weight excluding hydrogens is 421 g/mol. The van der Waals surface area contributed by atoms with E-state index in [9.17, 15) is 23.1 Å². The van der Waals surface area contributed by atoms with Gasteiger partial charge in [0.1, 0.15) is 6.23 Å². The molecule has 1 unspecified atom stereocenters. The van der Waals surface area contributed by atoms with Crippen LogP contribution in [0.5, 0.6) is 0 Å². The smallest absolute Gasteiger partial charge is 0.396 e. The zero-order valence-corrected chi connectivity index (χ0v) is 16.5. The first-order valence-electron chi connectivity index (χ1n) is 9.23. The van der Waals surface area contributed by atoms with Gasteiger partial charge in [-0.1, -0.05) is 23.7 Å². The van der Waals surface area contributed by atoms with Gasteiger partial charge in [0.05, 0.1) is 16.6 Å². The van der Waals surface area contributed by atoms with Gasteiger partial charge in [0, 0.05) is 29.8 Å². The van der Waals surface area contributed by atoms with Crippen LogP contribution in [0.25, 0.3) is 10.9 Å². The summed E-state index contributed by atoms with van der Waals surface area (Å²) in [5.41, 5.74) is -0.995. The van der Waals surface area contributed by atoms with Crippen LogP contribution in [-0.2, 0) is 19.1 Å². The third kappa shape index (κ3) is 5.02. The Morgan fingerprint density at radius 2 is 1.83 bits per heavy atom. The molecule has 0 saturated carbocycles. The van der Waals surface area contributed by atoms with E-state index in [1.165, 1.54) is 6.07 Å². The number of benzene rings is 2. The number of alkyl halides is 3. The lowest BCUT2D eigenvalue weighted by molar-refractivity contribution is -0.136. The van der Waals surface area contributed by atoms with Crippen molar-refractivity contribution in [1.29, 1.82) is 0 Å². The zero-order chi connectivity index (χ0) is 21.9. The SMILES string of the molecule is O=c1c(C(O)NCc2ccc(Cl)cc2)c[nH]c2c(C(F)(F)F)cc(CCCO)cc12. The summed E-state index contributed by atoms with van der Waals surface area (Å²) in [7, 11) is 0. The first-order valence-corrected chi connectivity index (χ1v) is 9.60. The van der Waals surface area contributed by atoms with E-state index >= 15 is 0 Å². The molecule has 0 spiro atoms. The minimum atomic E-state index is -4.66.